The Morgan fingerprint density at radius 3 is 2.86 bits per heavy atom. The van der Waals surface area contributed by atoms with Crippen molar-refractivity contribution < 1.29 is 14.1 Å². The highest BCUT2D eigenvalue weighted by atomic mass is 16.5. The van der Waals surface area contributed by atoms with E-state index in [1.54, 1.807) is 7.11 Å². The van der Waals surface area contributed by atoms with E-state index < -0.39 is 0 Å². The first-order valence-electron chi connectivity index (χ1n) is 10.5. The van der Waals surface area contributed by atoms with E-state index in [1.165, 1.54) is 0 Å². The summed E-state index contributed by atoms with van der Waals surface area (Å²) >= 11 is 0. The van der Waals surface area contributed by atoms with Crippen molar-refractivity contribution in [3.63, 3.8) is 0 Å². The maximum Gasteiger partial charge on any atom is 0.249 e. The van der Waals surface area contributed by atoms with E-state index >= 15 is 0 Å². The molecule has 2 heterocycles. The fourth-order valence-corrected chi connectivity index (χ4v) is 4.27. The molecule has 158 valence electrons. The third-order valence-corrected chi connectivity index (χ3v) is 5.36. The standard InChI is InChI=1S/C23H33N3O3/c1-16(15-23(2,3)4)13-20(27)26-12-7-6-11-19(26)22-24-21(25-29-22)17-9-8-10-18(14-17)28-5/h8-10,14,16,19H,6-7,11-13,15H2,1-5H3. The largest absolute Gasteiger partial charge is 0.497 e. The van der Waals surface area contributed by atoms with Gasteiger partial charge in [0.15, 0.2) is 0 Å². The van der Waals surface area contributed by atoms with Gasteiger partial charge < -0.3 is 14.2 Å². The zero-order chi connectivity index (χ0) is 21.0. The summed E-state index contributed by atoms with van der Waals surface area (Å²) in [5, 5.41) is 4.16. The van der Waals surface area contributed by atoms with Crippen molar-refractivity contribution in [1.29, 1.82) is 0 Å². The van der Waals surface area contributed by atoms with E-state index in [9.17, 15) is 4.79 Å². The smallest absolute Gasteiger partial charge is 0.249 e. The van der Waals surface area contributed by atoms with Crippen LogP contribution in [0.1, 0.15) is 71.7 Å². The molecular formula is C23H33N3O3. The van der Waals surface area contributed by atoms with Crippen molar-refractivity contribution in [1.82, 2.24) is 15.0 Å². The molecule has 0 spiro atoms. The van der Waals surface area contributed by atoms with E-state index in [0.717, 1.165) is 43.5 Å². The number of benzene rings is 1. The predicted octanol–water partition coefficient (Wildman–Crippen LogP) is 5.26. The quantitative estimate of drug-likeness (QED) is 0.662. The van der Waals surface area contributed by atoms with Gasteiger partial charge in [0.1, 0.15) is 11.8 Å². The van der Waals surface area contributed by atoms with E-state index in [4.69, 9.17) is 9.26 Å². The van der Waals surface area contributed by atoms with E-state index in [-0.39, 0.29) is 17.4 Å². The van der Waals surface area contributed by atoms with Crippen LogP contribution in [0.2, 0.25) is 0 Å². The molecule has 3 rings (SSSR count). The molecule has 0 bridgehead atoms. The van der Waals surface area contributed by atoms with E-state index in [1.807, 2.05) is 29.2 Å². The number of carbonyl (C=O) groups excluding carboxylic acids is 1. The zero-order valence-electron chi connectivity index (χ0n) is 18.3. The molecule has 6 nitrogen and oxygen atoms in total. The van der Waals surface area contributed by atoms with Gasteiger partial charge in [-0.15, -0.1) is 0 Å². The van der Waals surface area contributed by atoms with Gasteiger partial charge in [0, 0.05) is 18.5 Å². The highest BCUT2D eigenvalue weighted by Gasteiger charge is 2.33. The molecule has 1 aromatic carbocycles. The Balaban J connectivity index is 1.74. The molecule has 0 N–H and O–H groups in total. The van der Waals surface area contributed by atoms with Gasteiger partial charge >= 0.3 is 0 Å². The average molecular weight is 400 g/mol. The van der Waals surface area contributed by atoms with Crippen molar-refractivity contribution in [2.75, 3.05) is 13.7 Å². The van der Waals surface area contributed by atoms with Crippen LogP contribution in [0.25, 0.3) is 11.4 Å². The number of carbonyl (C=O) groups is 1. The lowest BCUT2D eigenvalue weighted by Crippen LogP contribution is -2.39. The van der Waals surface area contributed by atoms with Gasteiger partial charge in [0.25, 0.3) is 0 Å². The second-order valence-electron chi connectivity index (χ2n) is 9.36. The first-order chi connectivity index (χ1) is 13.8. The van der Waals surface area contributed by atoms with Crippen LogP contribution in [0.5, 0.6) is 5.75 Å². The molecule has 0 aliphatic carbocycles. The number of aromatic nitrogens is 2. The van der Waals surface area contributed by atoms with Gasteiger partial charge in [-0.3, -0.25) is 4.79 Å². The fraction of sp³-hybridized carbons (Fsp3) is 0.609. The number of hydrogen-bond acceptors (Lipinski definition) is 5. The van der Waals surface area contributed by atoms with Crippen LogP contribution in [0, 0.1) is 11.3 Å². The molecule has 6 heteroatoms. The van der Waals surface area contributed by atoms with Crippen LogP contribution in [0.4, 0.5) is 0 Å². The molecule has 1 fully saturated rings. The van der Waals surface area contributed by atoms with Crippen LogP contribution >= 0.6 is 0 Å². The monoisotopic (exact) mass is 399 g/mol. The Morgan fingerprint density at radius 1 is 1.34 bits per heavy atom. The van der Waals surface area contributed by atoms with E-state index in [0.29, 0.717) is 24.1 Å². The number of hydrogen-bond donors (Lipinski definition) is 0. The summed E-state index contributed by atoms with van der Waals surface area (Å²) in [6.07, 6.45) is 4.53. The van der Waals surface area contributed by atoms with Crippen LogP contribution in [0.15, 0.2) is 28.8 Å². The third-order valence-electron chi connectivity index (χ3n) is 5.36. The second kappa shape index (κ2) is 8.97. The van der Waals surface area contributed by atoms with Crippen molar-refractivity contribution in [3.8, 4) is 17.1 Å². The molecule has 0 saturated carbocycles. The van der Waals surface area contributed by atoms with Gasteiger partial charge in [0.05, 0.1) is 7.11 Å². The number of amides is 1. The molecule has 29 heavy (non-hydrogen) atoms. The summed E-state index contributed by atoms with van der Waals surface area (Å²) in [6, 6.07) is 7.45. The van der Waals surface area contributed by atoms with E-state index in [2.05, 4.69) is 37.8 Å². The Hall–Kier alpha value is -2.37. The molecule has 1 aliphatic heterocycles. The number of rotatable bonds is 6. The molecule has 2 unspecified atom stereocenters. The van der Waals surface area contributed by atoms with Gasteiger partial charge in [0.2, 0.25) is 17.6 Å². The molecule has 2 atom stereocenters. The fourth-order valence-electron chi connectivity index (χ4n) is 4.27. The molecule has 2 aromatic rings. The summed E-state index contributed by atoms with van der Waals surface area (Å²) in [5.41, 5.74) is 1.06. The second-order valence-corrected chi connectivity index (χ2v) is 9.36. The molecular weight excluding hydrogens is 366 g/mol. The third kappa shape index (κ3) is 5.58. The van der Waals surface area contributed by atoms with Crippen LogP contribution in [-0.2, 0) is 4.79 Å². The predicted molar refractivity (Wildman–Crippen MR) is 112 cm³/mol. The Labute approximate surface area is 173 Å². The molecule has 0 radical (unpaired) electrons. The van der Waals surface area contributed by atoms with Gasteiger partial charge in [-0.05, 0) is 49.1 Å². The normalized spacial score (nSPS) is 18.5. The van der Waals surface area contributed by atoms with Crippen molar-refractivity contribution in [2.24, 2.45) is 11.3 Å². The first kappa shape index (κ1) is 21.3. The topological polar surface area (TPSA) is 68.5 Å². The molecule has 1 amide bonds. The summed E-state index contributed by atoms with van der Waals surface area (Å²) in [5.74, 6) is 2.33. The summed E-state index contributed by atoms with van der Waals surface area (Å²) in [7, 11) is 1.63. The lowest BCUT2D eigenvalue weighted by Gasteiger charge is -2.34. The van der Waals surface area contributed by atoms with Crippen LogP contribution in [-0.4, -0.2) is 34.6 Å². The number of methoxy groups -OCH3 is 1. The number of piperidine rings is 1. The number of ether oxygens (including phenoxy) is 1. The Kier molecular flexibility index (Phi) is 6.60. The van der Waals surface area contributed by atoms with Crippen LogP contribution < -0.4 is 4.74 Å². The van der Waals surface area contributed by atoms with Crippen LogP contribution in [0.3, 0.4) is 0 Å². The zero-order valence-corrected chi connectivity index (χ0v) is 18.3. The maximum atomic E-state index is 13.1. The summed E-state index contributed by atoms with van der Waals surface area (Å²) in [4.78, 5) is 19.6. The summed E-state index contributed by atoms with van der Waals surface area (Å²) < 4.78 is 10.9. The highest BCUT2D eigenvalue weighted by Crippen LogP contribution is 2.33. The minimum atomic E-state index is -0.134. The SMILES string of the molecule is COc1cccc(-c2noc(C3CCCCN3C(=O)CC(C)CC(C)(C)C)n2)c1. The van der Waals surface area contributed by atoms with Crippen molar-refractivity contribution in [3.05, 3.63) is 30.2 Å². The highest BCUT2D eigenvalue weighted by molar-refractivity contribution is 5.77. The minimum absolute atomic E-state index is 0.134. The molecule has 1 aromatic heterocycles. The van der Waals surface area contributed by atoms with Gasteiger partial charge in [-0.2, -0.15) is 4.98 Å². The van der Waals surface area contributed by atoms with Crippen molar-refractivity contribution >= 4 is 5.91 Å². The summed E-state index contributed by atoms with van der Waals surface area (Å²) in [6.45, 7) is 9.57. The lowest BCUT2D eigenvalue weighted by atomic mass is 9.84. The minimum Gasteiger partial charge on any atom is -0.497 e. The molecule has 1 saturated heterocycles. The van der Waals surface area contributed by atoms with Gasteiger partial charge in [-0.25, -0.2) is 0 Å². The lowest BCUT2D eigenvalue weighted by molar-refractivity contribution is -0.136. The Morgan fingerprint density at radius 2 is 2.14 bits per heavy atom. The van der Waals surface area contributed by atoms with Gasteiger partial charge in [-0.1, -0.05) is 45.0 Å². The number of likely N-dealkylation sites (tertiary alicyclic amines) is 1. The Bertz CT molecular complexity index is 825. The molecule has 1 aliphatic rings. The average Bonchev–Trinajstić information content (AvgIpc) is 3.16. The maximum absolute atomic E-state index is 13.1. The first-order valence-corrected chi connectivity index (χ1v) is 10.5. The van der Waals surface area contributed by atoms with Crippen molar-refractivity contribution in [2.45, 2.75) is 65.8 Å². The number of nitrogens with zero attached hydrogens (tertiary/aromatic N) is 3.